The molecule has 0 saturated carbocycles. The van der Waals surface area contributed by atoms with Crippen LogP contribution in [-0.4, -0.2) is 28.6 Å². The SMILES string of the molecule is CC(NC(=O)OC(C)(C)C)C(=O)Nc1ccc(F)cc1Nc1cccc(F)n1. The number of nitrogens with one attached hydrogen (secondary N) is 3. The minimum Gasteiger partial charge on any atom is -0.444 e. The molecule has 0 radical (unpaired) electrons. The first-order chi connectivity index (χ1) is 13.0. The molecule has 0 saturated heterocycles. The van der Waals surface area contributed by atoms with Crippen molar-refractivity contribution in [3.8, 4) is 0 Å². The number of alkyl carbamates (subject to hydrolysis) is 1. The minimum atomic E-state index is -0.917. The summed E-state index contributed by atoms with van der Waals surface area (Å²) in [5.74, 6) is -1.67. The van der Waals surface area contributed by atoms with Gasteiger partial charge in [-0.05, 0) is 58.0 Å². The number of halogens is 2. The average molecular weight is 392 g/mol. The number of hydrogen-bond acceptors (Lipinski definition) is 5. The molecule has 1 aromatic carbocycles. The largest absolute Gasteiger partial charge is 0.444 e. The first-order valence-electron chi connectivity index (χ1n) is 8.53. The second-order valence-corrected chi connectivity index (χ2v) is 7.02. The number of pyridine rings is 1. The van der Waals surface area contributed by atoms with Crippen LogP contribution in [0.4, 0.5) is 30.8 Å². The number of rotatable bonds is 5. The number of carbonyl (C=O) groups excluding carboxylic acids is 2. The Morgan fingerprint density at radius 3 is 2.46 bits per heavy atom. The molecule has 0 fully saturated rings. The third-order valence-corrected chi connectivity index (χ3v) is 3.34. The summed E-state index contributed by atoms with van der Waals surface area (Å²) in [4.78, 5) is 27.8. The van der Waals surface area contributed by atoms with Crippen LogP contribution >= 0.6 is 0 Å². The molecule has 3 N–H and O–H groups in total. The van der Waals surface area contributed by atoms with Gasteiger partial charge in [0.05, 0.1) is 11.4 Å². The van der Waals surface area contributed by atoms with Gasteiger partial charge < -0.3 is 20.7 Å². The molecule has 1 atom stereocenters. The zero-order valence-electron chi connectivity index (χ0n) is 16.0. The van der Waals surface area contributed by atoms with Gasteiger partial charge >= 0.3 is 6.09 Å². The van der Waals surface area contributed by atoms with Crippen LogP contribution in [0.15, 0.2) is 36.4 Å². The lowest BCUT2D eigenvalue weighted by molar-refractivity contribution is -0.117. The molecule has 2 aromatic rings. The molecular weight excluding hydrogens is 370 g/mol. The summed E-state index contributed by atoms with van der Waals surface area (Å²) in [5, 5.41) is 7.75. The van der Waals surface area contributed by atoms with Crippen molar-refractivity contribution in [2.24, 2.45) is 0 Å². The molecule has 1 unspecified atom stereocenters. The maximum absolute atomic E-state index is 13.6. The highest BCUT2D eigenvalue weighted by atomic mass is 19.1. The van der Waals surface area contributed by atoms with E-state index in [1.165, 1.54) is 31.2 Å². The van der Waals surface area contributed by atoms with Crippen molar-refractivity contribution < 1.29 is 23.1 Å². The van der Waals surface area contributed by atoms with Gasteiger partial charge in [-0.3, -0.25) is 4.79 Å². The van der Waals surface area contributed by atoms with E-state index < -0.39 is 35.4 Å². The van der Waals surface area contributed by atoms with Gasteiger partial charge in [-0.2, -0.15) is 4.39 Å². The number of hydrogen-bond donors (Lipinski definition) is 3. The van der Waals surface area contributed by atoms with Gasteiger partial charge in [-0.25, -0.2) is 14.2 Å². The Morgan fingerprint density at radius 2 is 1.82 bits per heavy atom. The Hall–Kier alpha value is -3.23. The molecule has 150 valence electrons. The number of aromatic nitrogens is 1. The molecule has 7 nitrogen and oxygen atoms in total. The van der Waals surface area contributed by atoms with E-state index in [0.29, 0.717) is 0 Å². The molecule has 2 rings (SSSR count). The lowest BCUT2D eigenvalue weighted by Crippen LogP contribution is -2.44. The van der Waals surface area contributed by atoms with E-state index in [4.69, 9.17) is 4.74 Å². The minimum absolute atomic E-state index is 0.140. The van der Waals surface area contributed by atoms with Crippen LogP contribution in [0.5, 0.6) is 0 Å². The van der Waals surface area contributed by atoms with Gasteiger partial charge in [0.1, 0.15) is 23.3 Å². The maximum Gasteiger partial charge on any atom is 0.408 e. The monoisotopic (exact) mass is 392 g/mol. The highest BCUT2D eigenvalue weighted by molar-refractivity contribution is 5.99. The molecule has 28 heavy (non-hydrogen) atoms. The summed E-state index contributed by atoms with van der Waals surface area (Å²) < 4.78 is 32.0. The number of benzene rings is 1. The van der Waals surface area contributed by atoms with Crippen LogP contribution in [0.2, 0.25) is 0 Å². The van der Waals surface area contributed by atoms with Gasteiger partial charge in [0.2, 0.25) is 11.9 Å². The zero-order chi connectivity index (χ0) is 20.9. The summed E-state index contributed by atoms with van der Waals surface area (Å²) in [6, 6.07) is 6.82. The first-order valence-corrected chi connectivity index (χ1v) is 8.53. The van der Waals surface area contributed by atoms with Crippen LogP contribution in [0.1, 0.15) is 27.7 Å². The summed E-state index contributed by atoms with van der Waals surface area (Å²) in [6.45, 7) is 6.58. The number of amides is 2. The van der Waals surface area contributed by atoms with Crippen LogP contribution in [0.3, 0.4) is 0 Å². The molecule has 9 heteroatoms. The highest BCUT2D eigenvalue weighted by Crippen LogP contribution is 2.26. The van der Waals surface area contributed by atoms with Gasteiger partial charge in [0, 0.05) is 0 Å². The van der Waals surface area contributed by atoms with E-state index >= 15 is 0 Å². The van der Waals surface area contributed by atoms with E-state index in [1.54, 1.807) is 20.8 Å². The van der Waals surface area contributed by atoms with Crippen molar-refractivity contribution in [2.45, 2.75) is 39.3 Å². The molecule has 0 bridgehead atoms. The van der Waals surface area contributed by atoms with E-state index in [0.717, 1.165) is 12.1 Å². The summed E-state index contributed by atoms with van der Waals surface area (Å²) >= 11 is 0. The molecular formula is C19H22F2N4O3. The molecule has 2 amide bonds. The molecule has 0 aliphatic heterocycles. The predicted octanol–water partition coefficient (Wildman–Crippen LogP) is 3.96. The number of carbonyl (C=O) groups is 2. The first kappa shape index (κ1) is 21.1. The Balaban J connectivity index is 2.10. The topological polar surface area (TPSA) is 92.3 Å². The third kappa shape index (κ3) is 6.49. The predicted molar refractivity (Wildman–Crippen MR) is 101 cm³/mol. The lowest BCUT2D eigenvalue weighted by Gasteiger charge is -2.22. The van der Waals surface area contributed by atoms with Gasteiger partial charge in [0.15, 0.2) is 0 Å². The summed E-state index contributed by atoms with van der Waals surface area (Å²) in [6.07, 6.45) is -0.739. The number of anilines is 3. The van der Waals surface area contributed by atoms with Crippen molar-refractivity contribution in [1.82, 2.24) is 10.3 Å². The van der Waals surface area contributed by atoms with Crippen molar-refractivity contribution in [3.63, 3.8) is 0 Å². The van der Waals surface area contributed by atoms with Crippen LogP contribution in [0, 0.1) is 11.8 Å². The van der Waals surface area contributed by atoms with Crippen molar-refractivity contribution in [3.05, 3.63) is 48.2 Å². The zero-order valence-corrected chi connectivity index (χ0v) is 16.0. The fourth-order valence-corrected chi connectivity index (χ4v) is 2.14. The summed E-state index contributed by atoms with van der Waals surface area (Å²) in [5.41, 5.74) is -0.294. The fourth-order valence-electron chi connectivity index (χ4n) is 2.14. The number of ether oxygens (including phenoxy) is 1. The van der Waals surface area contributed by atoms with Crippen molar-refractivity contribution in [2.75, 3.05) is 10.6 Å². The quantitative estimate of drug-likeness (QED) is 0.670. The lowest BCUT2D eigenvalue weighted by atomic mass is 10.2. The van der Waals surface area contributed by atoms with E-state index in [2.05, 4.69) is 20.9 Å². The van der Waals surface area contributed by atoms with Gasteiger partial charge in [0.25, 0.3) is 0 Å². The third-order valence-electron chi connectivity index (χ3n) is 3.34. The molecule has 0 aliphatic carbocycles. The summed E-state index contributed by atoms with van der Waals surface area (Å²) in [7, 11) is 0. The Kier molecular flexibility index (Phi) is 6.50. The molecule has 1 heterocycles. The highest BCUT2D eigenvalue weighted by Gasteiger charge is 2.21. The van der Waals surface area contributed by atoms with Crippen LogP contribution in [-0.2, 0) is 9.53 Å². The van der Waals surface area contributed by atoms with Gasteiger partial charge in [-0.1, -0.05) is 6.07 Å². The maximum atomic E-state index is 13.6. The second kappa shape index (κ2) is 8.64. The van der Waals surface area contributed by atoms with Crippen LogP contribution < -0.4 is 16.0 Å². The Morgan fingerprint density at radius 1 is 1.11 bits per heavy atom. The van der Waals surface area contributed by atoms with Crippen LogP contribution in [0.25, 0.3) is 0 Å². The molecule has 0 aliphatic rings. The standard InChI is InChI=1S/C19H22F2N4O3/c1-11(22-18(27)28-19(2,3)4)17(26)24-13-9-8-12(20)10-14(13)23-16-7-5-6-15(21)25-16/h5-11H,1-4H3,(H,22,27)(H,23,25)(H,24,26). The van der Waals surface area contributed by atoms with E-state index in [1.807, 2.05) is 0 Å². The normalized spacial score (nSPS) is 12.1. The van der Waals surface area contributed by atoms with Gasteiger partial charge in [-0.15, -0.1) is 0 Å². The van der Waals surface area contributed by atoms with Crippen molar-refractivity contribution in [1.29, 1.82) is 0 Å². The Bertz CT molecular complexity index is 868. The molecule has 0 spiro atoms. The fraction of sp³-hybridized carbons (Fsp3) is 0.316. The van der Waals surface area contributed by atoms with Crippen molar-refractivity contribution >= 4 is 29.2 Å². The average Bonchev–Trinajstić information content (AvgIpc) is 2.55. The second-order valence-electron chi connectivity index (χ2n) is 7.02. The number of nitrogens with zero attached hydrogens (tertiary/aromatic N) is 1. The molecule has 1 aromatic heterocycles. The van der Waals surface area contributed by atoms with E-state index in [-0.39, 0.29) is 17.2 Å². The smallest absolute Gasteiger partial charge is 0.408 e. The Labute approximate surface area is 161 Å². The van der Waals surface area contributed by atoms with E-state index in [9.17, 15) is 18.4 Å².